The van der Waals surface area contributed by atoms with Gasteiger partial charge in [0.2, 0.25) is 0 Å². The summed E-state index contributed by atoms with van der Waals surface area (Å²) in [5, 5.41) is 6.97. The molecule has 1 heterocycles. The van der Waals surface area contributed by atoms with E-state index in [4.69, 9.17) is 0 Å². The summed E-state index contributed by atoms with van der Waals surface area (Å²) in [5.74, 6) is 1.70. The Morgan fingerprint density at radius 1 is 1.19 bits per heavy atom. The molecule has 5 heteroatoms. The van der Waals surface area contributed by atoms with E-state index >= 15 is 0 Å². The molecule has 0 aromatic carbocycles. The van der Waals surface area contributed by atoms with Gasteiger partial charge in [0.05, 0.1) is 0 Å². The molecule has 0 radical (unpaired) electrons. The molecule has 1 aliphatic rings. The van der Waals surface area contributed by atoms with E-state index in [0.29, 0.717) is 6.04 Å². The van der Waals surface area contributed by atoms with Crippen molar-refractivity contribution in [1.29, 1.82) is 0 Å². The number of nitrogens with one attached hydrogen (secondary N) is 2. The highest BCUT2D eigenvalue weighted by molar-refractivity contribution is 14.0. The average molecular weight is 410 g/mol. The topological polar surface area (TPSA) is 39.7 Å². The Morgan fingerprint density at radius 2 is 1.90 bits per heavy atom. The smallest absolute Gasteiger partial charge is 0.191 e. The van der Waals surface area contributed by atoms with Crippen LogP contribution >= 0.6 is 24.0 Å². The quantitative estimate of drug-likeness (QED) is 0.385. The Kier molecular flexibility index (Phi) is 12.5. The zero-order valence-corrected chi connectivity index (χ0v) is 16.7. The van der Waals surface area contributed by atoms with Crippen LogP contribution < -0.4 is 10.6 Å². The molecule has 1 unspecified atom stereocenters. The number of rotatable bonds is 7. The van der Waals surface area contributed by atoms with E-state index in [0.717, 1.165) is 31.5 Å². The SMILES string of the molecule is CCC(CC)CNC(=NC)NCC1CCCCN1CC.I. The second kappa shape index (κ2) is 12.5. The van der Waals surface area contributed by atoms with Gasteiger partial charge in [-0.3, -0.25) is 9.89 Å². The lowest BCUT2D eigenvalue weighted by atomic mass is 10.0. The molecule has 1 atom stereocenters. The number of likely N-dealkylation sites (N-methyl/N-ethyl adjacent to an activating group) is 1. The summed E-state index contributed by atoms with van der Waals surface area (Å²) in [6.07, 6.45) is 6.48. The standard InChI is InChI=1S/C16H34N4.HI/c1-5-14(6-2)12-18-16(17-4)19-13-15-10-8-9-11-20(15)7-3;/h14-15H,5-13H2,1-4H3,(H2,17,18,19);1H. The van der Waals surface area contributed by atoms with E-state index in [1.165, 1.54) is 38.6 Å². The normalized spacial score (nSPS) is 20.2. The van der Waals surface area contributed by atoms with Crippen LogP contribution in [0.4, 0.5) is 0 Å². The molecule has 0 spiro atoms. The molecule has 0 bridgehead atoms. The highest BCUT2D eigenvalue weighted by atomic mass is 127. The number of hydrogen-bond acceptors (Lipinski definition) is 2. The minimum atomic E-state index is 0. The monoisotopic (exact) mass is 410 g/mol. The summed E-state index contributed by atoms with van der Waals surface area (Å²) in [4.78, 5) is 6.93. The Hall–Kier alpha value is -0.0400. The van der Waals surface area contributed by atoms with Crippen molar-refractivity contribution >= 4 is 29.9 Å². The summed E-state index contributed by atoms with van der Waals surface area (Å²) in [6, 6.07) is 0.667. The minimum Gasteiger partial charge on any atom is -0.356 e. The van der Waals surface area contributed by atoms with Gasteiger partial charge in [0, 0.05) is 26.2 Å². The number of likely N-dealkylation sites (tertiary alicyclic amines) is 1. The predicted molar refractivity (Wildman–Crippen MR) is 104 cm³/mol. The van der Waals surface area contributed by atoms with Crippen molar-refractivity contribution in [1.82, 2.24) is 15.5 Å². The van der Waals surface area contributed by atoms with Gasteiger partial charge in [-0.05, 0) is 31.8 Å². The van der Waals surface area contributed by atoms with E-state index < -0.39 is 0 Å². The van der Waals surface area contributed by atoms with Gasteiger partial charge in [-0.1, -0.05) is 40.0 Å². The van der Waals surface area contributed by atoms with Gasteiger partial charge < -0.3 is 10.6 Å². The summed E-state index contributed by atoms with van der Waals surface area (Å²) in [5.41, 5.74) is 0. The summed E-state index contributed by atoms with van der Waals surface area (Å²) >= 11 is 0. The molecule has 4 nitrogen and oxygen atoms in total. The third-order valence-electron chi connectivity index (χ3n) is 4.60. The number of hydrogen-bond donors (Lipinski definition) is 2. The first kappa shape index (κ1) is 21.0. The van der Waals surface area contributed by atoms with Gasteiger partial charge in [0.25, 0.3) is 0 Å². The van der Waals surface area contributed by atoms with Crippen LogP contribution in [0.2, 0.25) is 0 Å². The van der Waals surface area contributed by atoms with E-state index in [1.807, 2.05) is 7.05 Å². The van der Waals surface area contributed by atoms with Crippen LogP contribution in [0, 0.1) is 5.92 Å². The summed E-state index contributed by atoms with van der Waals surface area (Å²) in [6.45, 7) is 11.2. The zero-order chi connectivity index (χ0) is 14.8. The zero-order valence-electron chi connectivity index (χ0n) is 14.3. The van der Waals surface area contributed by atoms with Crippen molar-refractivity contribution in [2.24, 2.45) is 10.9 Å². The Balaban J connectivity index is 0.00000400. The second-order valence-electron chi connectivity index (χ2n) is 5.79. The van der Waals surface area contributed by atoms with Crippen molar-refractivity contribution in [3.8, 4) is 0 Å². The first-order valence-electron chi connectivity index (χ1n) is 8.43. The Morgan fingerprint density at radius 3 is 2.48 bits per heavy atom. The van der Waals surface area contributed by atoms with Gasteiger partial charge in [0.15, 0.2) is 5.96 Å². The maximum Gasteiger partial charge on any atom is 0.191 e. The lowest BCUT2D eigenvalue weighted by Crippen LogP contribution is -2.49. The number of nitrogens with zero attached hydrogens (tertiary/aromatic N) is 2. The van der Waals surface area contributed by atoms with Gasteiger partial charge in [-0.15, -0.1) is 24.0 Å². The van der Waals surface area contributed by atoms with Crippen LogP contribution in [0.15, 0.2) is 4.99 Å². The van der Waals surface area contributed by atoms with Crippen LogP contribution in [0.3, 0.4) is 0 Å². The molecule has 0 aromatic heterocycles. The minimum absolute atomic E-state index is 0. The highest BCUT2D eigenvalue weighted by Crippen LogP contribution is 2.15. The van der Waals surface area contributed by atoms with Crippen LogP contribution in [-0.4, -0.2) is 50.1 Å². The third-order valence-corrected chi connectivity index (χ3v) is 4.60. The first-order valence-corrected chi connectivity index (χ1v) is 8.43. The molecule has 0 saturated carbocycles. The lowest BCUT2D eigenvalue weighted by molar-refractivity contribution is 0.157. The van der Waals surface area contributed by atoms with Crippen LogP contribution in [0.5, 0.6) is 0 Å². The molecule has 0 aliphatic carbocycles. The van der Waals surface area contributed by atoms with Crippen molar-refractivity contribution < 1.29 is 0 Å². The fourth-order valence-electron chi connectivity index (χ4n) is 2.96. The predicted octanol–water partition coefficient (Wildman–Crippen LogP) is 3.08. The maximum atomic E-state index is 4.34. The van der Waals surface area contributed by atoms with Crippen molar-refractivity contribution in [3.63, 3.8) is 0 Å². The molecule has 1 rings (SSSR count). The molecule has 1 fully saturated rings. The van der Waals surface area contributed by atoms with E-state index in [1.54, 1.807) is 0 Å². The van der Waals surface area contributed by atoms with Crippen LogP contribution in [-0.2, 0) is 0 Å². The highest BCUT2D eigenvalue weighted by Gasteiger charge is 2.20. The van der Waals surface area contributed by atoms with E-state index in [2.05, 4.69) is 41.3 Å². The number of guanidine groups is 1. The largest absolute Gasteiger partial charge is 0.356 e. The van der Waals surface area contributed by atoms with Gasteiger partial charge in [0.1, 0.15) is 0 Å². The molecule has 2 N–H and O–H groups in total. The maximum absolute atomic E-state index is 4.34. The lowest BCUT2D eigenvalue weighted by Gasteiger charge is -2.35. The molecule has 1 aliphatic heterocycles. The van der Waals surface area contributed by atoms with E-state index in [-0.39, 0.29) is 24.0 Å². The first-order chi connectivity index (χ1) is 9.74. The molecule has 21 heavy (non-hydrogen) atoms. The van der Waals surface area contributed by atoms with Crippen molar-refractivity contribution in [2.75, 3.05) is 33.2 Å². The fraction of sp³-hybridized carbons (Fsp3) is 0.938. The Bertz CT molecular complexity index is 279. The van der Waals surface area contributed by atoms with Crippen LogP contribution in [0.25, 0.3) is 0 Å². The molecule has 0 amide bonds. The third kappa shape index (κ3) is 7.68. The van der Waals surface area contributed by atoms with E-state index in [9.17, 15) is 0 Å². The number of piperidine rings is 1. The average Bonchev–Trinajstić information content (AvgIpc) is 2.51. The van der Waals surface area contributed by atoms with Crippen LogP contribution in [0.1, 0.15) is 52.9 Å². The second-order valence-corrected chi connectivity index (χ2v) is 5.79. The molecule has 0 aromatic rings. The van der Waals surface area contributed by atoms with Gasteiger partial charge in [-0.25, -0.2) is 0 Å². The number of aliphatic imine (C=N–C) groups is 1. The molecular formula is C16H35IN4. The van der Waals surface area contributed by atoms with Gasteiger partial charge in [-0.2, -0.15) is 0 Å². The summed E-state index contributed by atoms with van der Waals surface area (Å²) in [7, 11) is 1.86. The Labute approximate surface area is 148 Å². The van der Waals surface area contributed by atoms with Crippen molar-refractivity contribution in [3.05, 3.63) is 0 Å². The molecule has 1 saturated heterocycles. The number of halogens is 1. The molecule has 126 valence electrons. The van der Waals surface area contributed by atoms with Gasteiger partial charge >= 0.3 is 0 Å². The summed E-state index contributed by atoms with van der Waals surface area (Å²) < 4.78 is 0. The van der Waals surface area contributed by atoms with Crippen molar-refractivity contribution in [2.45, 2.75) is 58.9 Å². The molecular weight excluding hydrogens is 375 g/mol. The fourth-order valence-corrected chi connectivity index (χ4v) is 2.96.